The predicted molar refractivity (Wildman–Crippen MR) is 85.6 cm³/mol. The van der Waals surface area contributed by atoms with E-state index in [4.69, 9.17) is 0 Å². The number of aryl methyl sites for hydroxylation is 1. The Morgan fingerprint density at radius 1 is 1.10 bits per heavy atom. The Labute approximate surface area is 121 Å². The average molecular weight is 266 g/mol. The quantitative estimate of drug-likeness (QED) is 0.887. The van der Waals surface area contributed by atoms with E-state index in [1.54, 1.807) is 0 Å². The lowest BCUT2D eigenvalue weighted by atomic mass is 10.1. The lowest BCUT2D eigenvalue weighted by molar-refractivity contribution is 0.568. The fourth-order valence-corrected chi connectivity index (χ4v) is 2.80. The minimum atomic E-state index is 0.480. The van der Waals surface area contributed by atoms with E-state index in [0.717, 1.165) is 19.5 Å². The molecule has 0 saturated heterocycles. The van der Waals surface area contributed by atoms with Crippen molar-refractivity contribution >= 4 is 11.4 Å². The normalized spacial score (nSPS) is 18.5. The lowest BCUT2D eigenvalue weighted by Gasteiger charge is -2.26. The Morgan fingerprint density at radius 3 is 2.60 bits per heavy atom. The number of nitrogens with zero attached hydrogens (tertiary/aromatic N) is 1. The molecule has 0 spiro atoms. The number of anilines is 2. The minimum absolute atomic E-state index is 0.480. The number of hydrogen-bond acceptors (Lipinski definition) is 2. The van der Waals surface area contributed by atoms with Crippen molar-refractivity contribution in [2.24, 2.45) is 0 Å². The molecule has 0 aliphatic carbocycles. The van der Waals surface area contributed by atoms with Gasteiger partial charge in [-0.1, -0.05) is 37.3 Å². The first-order valence-corrected chi connectivity index (χ1v) is 7.45. The topological polar surface area (TPSA) is 15.3 Å². The van der Waals surface area contributed by atoms with Crippen LogP contribution in [0.1, 0.15) is 25.0 Å². The fraction of sp³-hybridized carbons (Fsp3) is 0.333. The minimum Gasteiger partial charge on any atom is -0.340 e. The number of fused-ring (bicyclic) bond motifs is 1. The molecule has 20 heavy (non-hydrogen) atoms. The van der Waals surface area contributed by atoms with E-state index in [-0.39, 0.29) is 0 Å². The van der Waals surface area contributed by atoms with Crippen molar-refractivity contribution in [3.8, 4) is 0 Å². The van der Waals surface area contributed by atoms with Crippen molar-refractivity contribution in [1.29, 1.82) is 0 Å². The Hall–Kier alpha value is -1.80. The van der Waals surface area contributed by atoms with E-state index in [0.29, 0.717) is 6.04 Å². The zero-order chi connectivity index (χ0) is 13.9. The van der Waals surface area contributed by atoms with Crippen molar-refractivity contribution in [1.82, 2.24) is 5.32 Å². The highest BCUT2D eigenvalue weighted by Gasteiger charge is 2.19. The van der Waals surface area contributed by atoms with Crippen LogP contribution in [0, 0.1) is 0 Å². The summed E-state index contributed by atoms with van der Waals surface area (Å²) in [5.41, 5.74) is 5.37. The average Bonchev–Trinajstić information content (AvgIpc) is 2.67. The molecule has 1 N–H and O–H groups in total. The third kappa shape index (κ3) is 2.56. The Bertz CT molecular complexity index is 574. The van der Waals surface area contributed by atoms with Crippen LogP contribution in [-0.4, -0.2) is 12.6 Å². The van der Waals surface area contributed by atoms with Crippen molar-refractivity contribution in [2.45, 2.75) is 32.9 Å². The van der Waals surface area contributed by atoms with Gasteiger partial charge in [-0.25, -0.2) is 0 Å². The smallest absolute Gasteiger partial charge is 0.0456 e. The first-order valence-electron chi connectivity index (χ1n) is 7.45. The van der Waals surface area contributed by atoms with Crippen LogP contribution in [-0.2, 0) is 13.0 Å². The molecule has 1 unspecified atom stereocenters. The second-order valence-electron chi connectivity index (χ2n) is 5.54. The van der Waals surface area contributed by atoms with Crippen molar-refractivity contribution in [3.05, 3.63) is 59.7 Å². The van der Waals surface area contributed by atoms with Gasteiger partial charge in [0.25, 0.3) is 0 Å². The van der Waals surface area contributed by atoms with Gasteiger partial charge in [-0.3, -0.25) is 0 Å². The van der Waals surface area contributed by atoms with E-state index in [1.165, 1.54) is 22.5 Å². The van der Waals surface area contributed by atoms with Gasteiger partial charge in [-0.15, -0.1) is 0 Å². The second kappa shape index (κ2) is 5.68. The Morgan fingerprint density at radius 2 is 1.85 bits per heavy atom. The molecular weight excluding hydrogens is 244 g/mol. The summed E-state index contributed by atoms with van der Waals surface area (Å²) < 4.78 is 0. The molecule has 0 radical (unpaired) electrons. The van der Waals surface area contributed by atoms with Crippen molar-refractivity contribution in [3.63, 3.8) is 0 Å². The van der Waals surface area contributed by atoms with Crippen LogP contribution in [0.5, 0.6) is 0 Å². The standard InChI is InChI=1S/C18H22N2/c1-3-15-8-10-17(11-9-15)20-13-14(2)19-12-16-6-4-5-7-18(16)20/h4-11,14,19H,3,12-13H2,1-2H3. The van der Waals surface area contributed by atoms with Crippen molar-refractivity contribution in [2.75, 3.05) is 11.4 Å². The highest BCUT2D eigenvalue weighted by atomic mass is 15.2. The molecule has 0 bridgehead atoms. The number of rotatable bonds is 2. The van der Waals surface area contributed by atoms with Gasteiger partial charge in [0, 0.05) is 30.5 Å². The van der Waals surface area contributed by atoms with Gasteiger partial charge in [-0.05, 0) is 42.7 Å². The third-order valence-electron chi connectivity index (χ3n) is 4.04. The van der Waals surface area contributed by atoms with Gasteiger partial charge < -0.3 is 10.2 Å². The van der Waals surface area contributed by atoms with Crippen LogP contribution < -0.4 is 10.2 Å². The SMILES string of the molecule is CCc1ccc(N2CC(C)NCc3ccccc32)cc1. The molecule has 1 aliphatic heterocycles. The summed E-state index contributed by atoms with van der Waals surface area (Å²) in [5.74, 6) is 0. The van der Waals surface area contributed by atoms with Gasteiger partial charge >= 0.3 is 0 Å². The summed E-state index contributed by atoms with van der Waals surface area (Å²) in [6, 6.07) is 18.1. The van der Waals surface area contributed by atoms with Gasteiger partial charge in [0.2, 0.25) is 0 Å². The van der Waals surface area contributed by atoms with E-state index >= 15 is 0 Å². The first-order chi connectivity index (χ1) is 9.78. The molecule has 0 fully saturated rings. The van der Waals surface area contributed by atoms with E-state index < -0.39 is 0 Å². The monoisotopic (exact) mass is 266 g/mol. The van der Waals surface area contributed by atoms with Gasteiger partial charge in [-0.2, -0.15) is 0 Å². The first kappa shape index (κ1) is 13.2. The lowest BCUT2D eigenvalue weighted by Crippen LogP contribution is -2.33. The molecule has 2 aromatic rings. The largest absolute Gasteiger partial charge is 0.340 e. The zero-order valence-electron chi connectivity index (χ0n) is 12.3. The highest BCUT2D eigenvalue weighted by Crippen LogP contribution is 2.30. The second-order valence-corrected chi connectivity index (χ2v) is 5.54. The van der Waals surface area contributed by atoms with Gasteiger partial charge in [0.1, 0.15) is 0 Å². The summed E-state index contributed by atoms with van der Waals surface area (Å²) in [4.78, 5) is 2.43. The van der Waals surface area contributed by atoms with Crippen LogP contribution in [0.25, 0.3) is 0 Å². The number of hydrogen-bond donors (Lipinski definition) is 1. The van der Waals surface area contributed by atoms with Crippen LogP contribution in [0.2, 0.25) is 0 Å². The molecule has 104 valence electrons. The zero-order valence-corrected chi connectivity index (χ0v) is 12.3. The molecule has 0 amide bonds. The summed E-state index contributed by atoms with van der Waals surface area (Å²) in [5, 5.41) is 3.58. The van der Waals surface area contributed by atoms with Gasteiger partial charge in [0.05, 0.1) is 0 Å². The summed E-state index contributed by atoms with van der Waals surface area (Å²) in [7, 11) is 0. The molecule has 1 heterocycles. The predicted octanol–water partition coefficient (Wildman–Crippen LogP) is 3.88. The Kier molecular flexibility index (Phi) is 3.75. The number of para-hydroxylation sites is 1. The summed E-state index contributed by atoms with van der Waals surface area (Å²) in [6.07, 6.45) is 1.09. The molecular formula is C18H22N2. The van der Waals surface area contributed by atoms with Crippen LogP contribution >= 0.6 is 0 Å². The van der Waals surface area contributed by atoms with Crippen LogP contribution in [0.3, 0.4) is 0 Å². The van der Waals surface area contributed by atoms with E-state index in [2.05, 4.69) is 72.6 Å². The fourth-order valence-electron chi connectivity index (χ4n) is 2.80. The van der Waals surface area contributed by atoms with Gasteiger partial charge in [0.15, 0.2) is 0 Å². The maximum Gasteiger partial charge on any atom is 0.0456 e. The molecule has 2 heteroatoms. The molecule has 2 aromatic carbocycles. The molecule has 0 aromatic heterocycles. The summed E-state index contributed by atoms with van der Waals surface area (Å²) in [6.45, 7) is 6.39. The van der Waals surface area contributed by atoms with Crippen molar-refractivity contribution < 1.29 is 0 Å². The van der Waals surface area contributed by atoms with E-state index in [1.807, 2.05) is 0 Å². The van der Waals surface area contributed by atoms with E-state index in [9.17, 15) is 0 Å². The number of benzene rings is 2. The molecule has 1 aliphatic rings. The molecule has 0 saturated carbocycles. The number of nitrogens with one attached hydrogen (secondary N) is 1. The maximum absolute atomic E-state index is 3.58. The Balaban J connectivity index is 2.01. The highest BCUT2D eigenvalue weighted by molar-refractivity contribution is 5.67. The maximum atomic E-state index is 3.58. The van der Waals surface area contributed by atoms with Crippen LogP contribution in [0.4, 0.5) is 11.4 Å². The molecule has 2 nitrogen and oxygen atoms in total. The molecule has 1 atom stereocenters. The summed E-state index contributed by atoms with van der Waals surface area (Å²) >= 11 is 0. The van der Waals surface area contributed by atoms with Crippen LogP contribution in [0.15, 0.2) is 48.5 Å². The third-order valence-corrected chi connectivity index (χ3v) is 4.04. The molecule has 3 rings (SSSR count).